The van der Waals surface area contributed by atoms with E-state index >= 15 is 0 Å². The zero-order valence-corrected chi connectivity index (χ0v) is 15.2. The Labute approximate surface area is 156 Å². The summed E-state index contributed by atoms with van der Waals surface area (Å²) in [5.41, 5.74) is 1.88. The lowest BCUT2D eigenvalue weighted by Gasteiger charge is -2.30. The van der Waals surface area contributed by atoms with Crippen LogP contribution in [0.15, 0.2) is 54.2 Å². The van der Waals surface area contributed by atoms with E-state index in [1.165, 1.54) is 0 Å². The molecule has 0 saturated carbocycles. The molecular weight excluding hydrogens is 344 g/mol. The molecule has 1 fully saturated rings. The zero-order chi connectivity index (χ0) is 17.8. The number of likely N-dealkylation sites (tertiary alicyclic amines) is 1. The van der Waals surface area contributed by atoms with E-state index in [-0.39, 0.29) is 11.7 Å². The number of ketones is 1. The molecule has 0 spiro atoms. The van der Waals surface area contributed by atoms with Gasteiger partial charge in [-0.3, -0.25) is 9.69 Å². The molecule has 132 valence electrons. The second-order valence-electron chi connectivity index (χ2n) is 6.50. The molecule has 0 amide bonds. The van der Waals surface area contributed by atoms with Crippen molar-refractivity contribution in [3.8, 4) is 10.8 Å². The Balaban J connectivity index is 1.33. The van der Waals surface area contributed by atoms with E-state index in [2.05, 4.69) is 25.2 Å². The van der Waals surface area contributed by atoms with Crippen molar-refractivity contribution in [2.75, 3.05) is 13.1 Å². The molecule has 2 aromatic heterocycles. The number of aromatic nitrogens is 3. The number of hydrogen-bond donors (Lipinski definition) is 0. The summed E-state index contributed by atoms with van der Waals surface area (Å²) < 4.78 is 0. The van der Waals surface area contributed by atoms with Crippen molar-refractivity contribution in [1.29, 1.82) is 0 Å². The average Bonchev–Trinajstić information content (AvgIpc) is 3.18. The van der Waals surface area contributed by atoms with Crippen LogP contribution >= 0.6 is 11.3 Å². The van der Waals surface area contributed by atoms with Gasteiger partial charge in [-0.05, 0) is 32.0 Å². The lowest BCUT2D eigenvalue weighted by Crippen LogP contribution is -2.36. The first-order valence-electron chi connectivity index (χ1n) is 8.83. The number of rotatable bonds is 5. The first kappa shape index (κ1) is 17.0. The second kappa shape index (κ2) is 7.85. The van der Waals surface area contributed by atoms with Gasteiger partial charge in [0.15, 0.2) is 16.6 Å². The van der Waals surface area contributed by atoms with Crippen LogP contribution in [0.1, 0.15) is 28.9 Å². The first-order valence-corrected chi connectivity index (χ1v) is 9.71. The molecule has 26 heavy (non-hydrogen) atoms. The van der Waals surface area contributed by atoms with Crippen molar-refractivity contribution >= 4 is 17.1 Å². The van der Waals surface area contributed by atoms with Gasteiger partial charge in [0.1, 0.15) is 0 Å². The number of carbonyl (C=O) groups is 1. The van der Waals surface area contributed by atoms with Crippen molar-refractivity contribution in [3.05, 3.63) is 65.4 Å². The van der Waals surface area contributed by atoms with E-state index in [1.54, 1.807) is 29.8 Å². The van der Waals surface area contributed by atoms with Gasteiger partial charge < -0.3 is 0 Å². The summed E-state index contributed by atoms with van der Waals surface area (Å²) in [6.45, 7) is 2.67. The maximum atomic E-state index is 12.6. The SMILES string of the molecule is O=C(c1ccccc1)C1CCN(Cc2csc(-c3ncccn3)n2)CC1. The van der Waals surface area contributed by atoms with E-state index in [4.69, 9.17) is 0 Å². The van der Waals surface area contributed by atoms with Crippen molar-refractivity contribution in [3.63, 3.8) is 0 Å². The van der Waals surface area contributed by atoms with Crippen LogP contribution in [0.4, 0.5) is 0 Å². The Morgan fingerprint density at radius 1 is 1.08 bits per heavy atom. The second-order valence-corrected chi connectivity index (χ2v) is 7.36. The molecule has 3 heterocycles. The van der Waals surface area contributed by atoms with Crippen LogP contribution in [0.5, 0.6) is 0 Å². The summed E-state index contributed by atoms with van der Waals surface area (Å²) in [5, 5.41) is 2.93. The number of nitrogens with zero attached hydrogens (tertiary/aromatic N) is 4. The van der Waals surface area contributed by atoms with E-state index in [0.29, 0.717) is 5.82 Å². The lowest BCUT2D eigenvalue weighted by atomic mass is 9.89. The van der Waals surface area contributed by atoms with Gasteiger partial charge >= 0.3 is 0 Å². The van der Waals surface area contributed by atoms with Gasteiger partial charge in [0, 0.05) is 35.8 Å². The van der Waals surface area contributed by atoms with Crippen LogP contribution in [0.2, 0.25) is 0 Å². The molecule has 6 heteroatoms. The highest BCUT2D eigenvalue weighted by Gasteiger charge is 2.26. The van der Waals surface area contributed by atoms with Crippen LogP contribution in [0.25, 0.3) is 10.8 Å². The first-order chi connectivity index (χ1) is 12.8. The highest BCUT2D eigenvalue weighted by Crippen LogP contribution is 2.25. The number of benzene rings is 1. The maximum absolute atomic E-state index is 12.6. The number of Topliss-reactive ketones (excluding diaryl/α,β-unsaturated/α-hetero) is 1. The molecular formula is C20H20N4OS. The van der Waals surface area contributed by atoms with Crippen LogP contribution in [-0.4, -0.2) is 38.7 Å². The minimum Gasteiger partial charge on any atom is -0.297 e. The molecule has 0 aliphatic carbocycles. The van der Waals surface area contributed by atoms with Gasteiger partial charge in [0.2, 0.25) is 0 Å². The molecule has 5 nitrogen and oxygen atoms in total. The molecule has 0 atom stereocenters. The summed E-state index contributed by atoms with van der Waals surface area (Å²) >= 11 is 1.58. The Morgan fingerprint density at radius 2 is 1.81 bits per heavy atom. The Bertz CT molecular complexity index is 858. The predicted octanol–water partition coefficient (Wildman–Crippen LogP) is 3.70. The Morgan fingerprint density at radius 3 is 2.54 bits per heavy atom. The number of hydrogen-bond acceptors (Lipinski definition) is 6. The summed E-state index contributed by atoms with van der Waals surface area (Å²) in [4.78, 5) is 28.1. The maximum Gasteiger partial charge on any atom is 0.188 e. The van der Waals surface area contributed by atoms with Gasteiger partial charge in [0.05, 0.1) is 5.69 Å². The monoisotopic (exact) mass is 364 g/mol. The predicted molar refractivity (Wildman–Crippen MR) is 102 cm³/mol. The van der Waals surface area contributed by atoms with Gasteiger partial charge in [-0.2, -0.15) is 0 Å². The Kier molecular flexibility index (Phi) is 5.13. The van der Waals surface area contributed by atoms with E-state index < -0.39 is 0 Å². The molecule has 1 aliphatic heterocycles. The third kappa shape index (κ3) is 3.86. The smallest absolute Gasteiger partial charge is 0.188 e. The van der Waals surface area contributed by atoms with Gasteiger partial charge in [-0.1, -0.05) is 30.3 Å². The van der Waals surface area contributed by atoms with E-state index in [9.17, 15) is 4.79 Å². The Hall–Kier alpha value is -2.44. The lowest BCUT2D eigenvalue weighted by molar-refractivity contribution is 0.0834. The van der Waals surface area contributed by atoms with Crippen LogP contribution in [0.3, 0.4) is 0 Å². The van der Waals surface area contributed by atoms with Crippen LogP contribution < -0.4 is 0 Å². The quantitative estimate of drug-likeness (QED) is 0.646. The van der Waals surface area contributed by atoms with Crippen LogP contribution in [0, 0.1) is 5.92 Å². The molecule has 4 rings (SSSR count). The fraction of sp³-hybridized carbons (Fsp3) is 0.300. The molecule has 1 aromatic carbocycles. The molecule has 3 aromatic rings. The normalized spacial score (nSPS) is 15.8. The van der Waals surface area contributed by atoms with Gasteiger partial charge in [-0.25, -0.2) is 15.0 Å². The van der Waals surface area contributed by atoms with Gasteiger partial charge in [-0.15, -0.1) is 11.3 Å². The van der Waals surface area contributed by atoms with E-state index in [1.807, 2.05) is 30.3 Å². The van der Waals surface area contributed by atoms with Crippen molar-refractivity contribution in [1.82, 2.24) is 19.9 Å². The largest absolute Gasteiger partial charge is 0.297 e. The molecule has 1 saturated heterocycles. The summed E-state index contributed by atoms with van der Waals surface area (Å²) in [7, 11) is 0. The standard InChI is InChI=1S/C20H20N4OS/c25-18(15-5-2-1-3-6-15)16-7-11-24(12-8-16)13-17-14-26-20(23-17)19-21-9-4-10-22-19/h1-6,9-10,14,16H,7-8,11-13H2. The minimum absolute atomic E-state index is 0.136. The molecule has 0 bridgehead atoms. The van der Waals surface area contributed by atoms with Crippen molar-refractivity contribution in [2.24, 2.45) is 5.92 Å². The molecule has 0 radical (unpaired) electrons. The average molecular weight is 364 g/mol. The van der Waals surface area contributed by atoms with Gasteiger partial charge in [0.25, 0.3) is 0 Å². The fourth-order valence-electron chi connectivity index (χ4n) is 3.31. The van der Waals surface area contributed by atoms with Crippen molar-refractivity contribution in [2.45, 2.75) is 19.4 Å². The summed E-state index contributed by atoms with van der Waals surface area (Å²) in [6.07, 6.45) is 5.29. The minimum atomic E-state index is 0.136. The van der Waals surface area contributed by atoms with E-state index in [0.717, 1.165) is 48.7 Å². The third-order valence-electron chi connectivity index (χ3n) is 4.71. The summed E-state index contributed by atoms with van der Waals surface area (Å²) in [5.74, 6) is 1.09. The number of thiazole rings is 1. The zero-order valence-electron chi connectivity index (χ0n) is 14.4. The highest BCUT2D eigenvalue weighted by molar-refractivity contribution is 7.13. The third-order valence-corrected chi connectivity index (χ3v) is 5.60. The number of piperidine rings is 1. The van der Waals surface area contributed by atoms with Crippen LogP contribution in [-0.2, 0) is 6.54 Å². The number of carbonyl (C=O) groups excluding carboxylic acids is 1. The topological polar surface area (TPSA) is 59.0 Å². The molecule has 0 N–H and O–H groups in total. The highest BCUT2D eigenvalue weighted by atomic mass is 32.1. The molecule has 0 unspecified atom stereocenters. The molecule has 1 aliphatic rings. The van der Waals surface area contributed by atoms with Crippen molar-refractivity contribution < 1.29 is 4.79 Å². The summed E-state index contributed by atoms with van der Waals surface area (Å²) in [6, 6.07) is 11.4. The fourth-order valence-corrected chi connectivity index (χ4v) is 4.07.